The normalized spacial score (nSPS) is 15.8. The van der Waals surface area contributed by atoms with Crippen LogP contribution in [0.4, 0.5) is 5.82 Å². The molecule has 0 saturated carbocycles. The van der Waals surface area contributed by atoms with E-state index in [2.05, 4.69) is 29.0 Å². The highest BCUT2D eigenvalue weighted by atomic mass is 16.2. The van der Waals surface area contributed by atoms with Gasteiger partial charge in [-0.1, -0.05) is 24.6 Å². The average Bonchev–Trinajstić information content (AvgIpc) is 2.55. The summed E-state index contributed by atoms with van der Waals surface area (Å²) in [5.41, 5.74) is 1.75. The van der Waals surface area contributed by atoms with Crippen molar-refractivity contribution < 1.29 is 0 Å². The lowest BCUT2D eigenvalue weighted by atomic mass is 10.1. The summed E-state index contributed by atoms with van der Waals surface area (Å²) >= 11 is 0. The number of aryl methyl sites for hydroxylation is 1. The number of benzene rings is 1. The molecule has 0 bridgehead atoms. The van der Waals surface area contributed by atoms with Gasteiger partial charge in [-0.15, -0.1) is 0 Å². The van der Waals surface area contributed by atoms with E-state index in [0.29, 0.717) is 30.6 Å². The molecule has 0 saturated heterocycles. The third kappa shape index (κ3) is 2.82. The fourth-order valence-corrected chi connectivity index (χ4v) is 2.85. The van der Waals surface area contributed by atoms with Crippen molar-refractivity contribution in [2.24, 2.45) is 0 Å². The van der Waals surface area contributed by atoms with E-state index in [9.17, 15) is 9.59 Å². The number of hydrogen-bond acceptors (Lipinski definition) is 4. The summed E-state index contributed by atoms with van der Waals surface area (Å²) in [5.74, 6) is 0.599. The van der Waals surface area contributed by atoms with Gasteiger partial charge in [0.15, 0.2) is 0 Å². The first-order valence-electron chi connectivity index (χ1n) is 7.94. The van der Waals surface area contributed by atoms with Gasteiger partial charge >= 0.3 is 5.69 Å². The summed E-state index contributed by atoms with van der Waals surface area (Å²) < 4.78 is 1.55. The Hall–Kier alpha value is -2.34. The van der Waals surface area contributed by atoms with E-state index in [1.165, 1.54) is 0 Å². The van der Waals surface area contributed by atoms with Crippen LogP contribution in [-0.2, 0) is 6.54 Å². The second-order valence-corrected chi connectivity index (χ2v) is 6.10. The Morgan fingerprint density at radius 3 is 2.57 bits per heavy atom. The molecule has 2 heterocycles. The van der Waals surface area contributed by atoms with Gasteiger partial charge < -0.3 is 5.32 Å². The number of nitrogens with one attached hydrogen (secondary N) is 2. The van der Waals surface area contributed by atoms with Crippen LogP contribution < -0.4 is 16.6 Å². The number of aromatic amines is 1. The van der Waals surface area contributed by atoms with Gasteiger partial charge in [0.05, 0.1) is 17.9 Å². The van der Waals surface area contributed by atoms with E-state index >= 15 is 0 Å². The number of fused-ring (bicyclic) bond motifs is 1. The average molecular weight is 314 g/mol. The molecule has 1 aliphatic rings. The number of aromatic nitrogens is 2. The maximum Gasteiger partial charge on any atom is 0.334 e. The Kier molecular flexibility index (Phi) is 4.09. The molecule has 3 rings (SSSR count). The summed E-state index contributed by atoms with van der Waals surface area (Å²) in [6.45, 7) is 7.42. The molecule has 23 heavy (non-hydrogen) atoms. The third-order valence-electron chi connectivity index (χ3n) is 4.52. The number of rotatable bonds is 3. The molecular weight excluding hydrogens is 292 g/mol. The van der Waals surface area contributed by atoms with Crippen LogP contribution in [0.3, 0.4) is 0 Å². The quantitative estimate of drug-likeness (QED) is 0.906. The van der Waals surface area contributed by atoms with Gasteiger partial charge in [0.2, 0.25) is 0 Å². The van der Waals surface area contributed by atoms with Crippen LogP contribution in [0, 0.1) is 6.92 Å². The molecule has 6 nitrogen and oxygen atoms in total. The molecule has 1 aromatic heterocycles. The maximum atomic E-state index is 12.3. The number of hydrogen-bond donors (Lipinski definition) is 2. The van der Waals surface area contributed by atoms with Crippen molar-refractivity contribution in [3.63, 3.8) is 0 Å². The van der Waals surface area contributed by atoms with Crippen molar-refractivity contribution in [2.45, 2.75) is 39.8 Å². The Morgan fingerprint density at radius 2 is 1.91 bits per heavy atom. The zero-order valence-electron chi connectivity index (χ0n) is 13.7. The minimum absolute atomic E-state index is 0.311. The van der Waals surface area contributed by atoms with Gasteiger partial charge in [-0.3, -0.25) is 14.7 Å². The first kappa shape index (κ1) is 15.6. The van der Waals surface area contributed by atoms with Crippen LogP contribution in [0.15, 0.2) is 33.9 Å². The van der Waals surface area contributed by atoms with E-state index in [0.717, 1.165) is 17.7 Å². The van der Waals surface area contributed by atoms with Crippen molar-refractivity contribution in [3.05, 3.63) is 56.2 Å². The summed E-state index contributed by atoms with van der Waals surface area (Å²) in [7, 11) is 0. The standard InChI is InChI=1S/C17H22N4O2/c1-4-12(3)20-9-14-15(18-10-20)21(17(23)19-16(14)22)13-7-5-11(2)6-8-13/h5-8,12,18H,4,9-10H2,1-3H3,(H,19,22,23)/t12-/m1/s1. The molecule has 0 amide bonds. The highest BCUT2D eigenvalue weighted by molar-refractivity contribution is 5.52. The highest BCUT2D eigenvalue weighted by Gasteiger charge is 2.25. The number of H-pyrrole nitrogens is 1. The monoisotopic (exact) mass is 314 g/mol. The molecule has 0 fully saturated rings. The predicted molar refractivity (Wildman–Crippen MR) is 91.2 cm³/mol. The Labute approximate surface area is 134 Å². The van der Waals surface area contributed by atoms with Crippen molar-refractivity contribution in [1.29, 1.82) is 0 Å². The number of nitrogens with zero attached hydrogens (tertiary/aromatic N) is 2. The molecule has 0 unspecified atom stereocenters. The summed E-state index contributed by atoms with van der Waals surface area (Å²) in [6.07, 6.45) is 1.01. The zero-order valence-corrected chi connectivity index (χ0v) is 13.7. The van der Waals surface area contributed by atoms with E-state index in [-0.39, 0.29) is 5.56 Å². The van der Waals surface area contributed by atoms with Gasteiger partial charge in [-0.05, 0) is 32.4 Å². The van der Waals surface area contributed by atoms with E-state index in [4.69, 9.17) is 0 Å². The van der Waals surface area contributed by atoms with Crippen LogP contribution in [0.25, 0.3) is 5.69 Å². The first-order chi connectivity index (χ1) is 11.0. The molecule has 2 N–H and O–H groups in total. The minimum atomic E-state index is -0.415. The molecular formula is C17H22N4O2. The van der Waals surface area contributed by atoms with Crippen LogP contribution in [0.2, 0.25) is 0 Å². The summed E-state index contributed by atoms with van der Waals surface area (Å²) in [5, 5.41) is 3.26. The van der Waals surface area contributed by atoms with Crippen LogP contribution in [0.1, 0.15) is 31.4 Å². The van der Waals surface area contributed by atoms with Gasteiger partial charge in [-0.2, -0.15) is 0 Å². The van der Waals surface area contributed by atoms with Gasteiger partial charge in [0, 0.05) is 12.6 Å². The second-order valence-electron chi connectivity index (χ2n) is 6.10. The molecule has 0 radical (unpaired) electrons. The molecule has 122 valence electrons. The molecule has 6 heteroatoms. The van der Waals surface area contributed by atoms with Gasteiger partial charge in [0.1, 0.15) is 5.82 Å². The van der Waals surface area contributed by atoms with Crippen molar-refractivity contribution in [1.82, 2.24) is 14.5 Å². The molecule has 1 aromatic carbocycles. The lowest BCUT2D eigenvalue weighted by molar-refractivity contribution is 0.200. The SMILES string of the molecule is CC[C@@H](C)N1CNc2c(c(=O)[nH]c(=O)n2-c2ccc(C)cc2)C1. The Balaban J connectivity index is 2.12. The van der Waals surface area contributed by atoms with Crippen molar-refractivity contribution >= 4 is 5.82 Å². The molecule has 2 aromatic rings. The van der Waals surface area contributed by atoms with Gasteiger partial charge in [0.25, 0.3) is 5.56 Å². The lowest BCUT2D eigenvalue weighted by Crippen LogP contribution is -2.45. The maximum absolute atomic E-state index is 12.3. The number of anilines is 1. The zero-order chi connectivity index (χ0) is 16.6. The second kappa shape index (κ2) is 6.04. The minimum Gasteiger partial charge on any atom is -0.358 e. The fourth-order valence-electron chi connectivity index (χ4n) is 2.85. The third-order valence-corrected chi connectivity index (χ3v) is 4.52. The fraction of sp³-hybridized carbons (Fsp3) is 0.412. The molecule has 0 spiro atoms. The molecule has 1 atom stereocenters. The Morgan fingerprint density at radius 1 is 1.22 bits per heavy atom. The van der Waals surface area contributed by atoms with Crippen LogP contribution in [0.5, 0.6) is 0 Å². The Bertz CT molecular complexity index is 820. The van der Waals surface area contributed by atoms with E-state index in [1.807, 2.05) is 31.2 Å². The van der Waals surface area contributed by atoms with Crippen molar-refractivity contribution in [3.8, 4) is 5.69 Å². The van der Waals surface area contributed by atoms with E-state index in [1.54, 1.807) is 4.57 Å². The summed E-state index contributed by atoms with van der Waals surface area (Å²) in [4.78, 5) is 29.2. The first-order valence-corrected chi connectivity index (χ1v) is 7.94. The van der Waals surface area contributed by atoms with Gasteiger partial charge in [-0.25, -0.2) is 9.36 Å². The lowest BCUT2D eigenvalue weighted by Gasteiger charge is -2.34. The largest absolute Gasteiger partial charge is 0.358 e. The topological polar surface area (TPSA) is 70.1 Å². The highest BCUT2D eigenvalue weighted by Crippen LogP contribution is 2.22. The smallest absolute Gasteiger partial charge is 0.334 e. The van der Waals surface area contributed by atoms with Crippen LogP contribution >= 0.6 is 0 Å². The van der Waals surface area contributed by atoms with Crippen molar-refractivity contribution in [2.75, 3.05) is 12.0 Å². The predicted octanol–water partition coefficient (Wildman–Crippen LogP) is 1.82. The summed E-state index contributed by atoms with van der Waals surface area (Å²) in [6, 6.07) is 8.05. The molecule has 0 aliphatic carbocycles. The van der Waals surface area contributed by atoms with E-state index < -0.39 is 5.69 Å². The van der Waals surface area contributed by atoms with Crippen LogP contribution in [-0.4, -0.2) is 27.2 Å². The molecule has 1 aliphatic heterocycles.